The molecule has 3 unspecified atom stereocenters. The van der Waals surface area contributed by atoms with Gasteiger partial charge < -0.3 is 5.32 Å². The molecule has 3 atom stereocenters. The number of hydrogen-bond donors (Lipinski definition) is 1. The molecule has 0 aromatic carbocycles. The van der Waals surface area contributed by atoms with E-state index in [1.807, 2.05) is 4.68 Å². The topological polar surface area (TPSA) is 29.9 Å². The molecule has 1 heterocycles. The van der Waals surface area contributed by atoms with Crippen LogP contribution in [0.5, 0.6) is 0 Å². The Morgan fingerprint density at radius 1 is 1.47 bits per heavy atom. The average Bonchev–Trinajstić information content (AvgIpc) is 2.93. The number of aryl methyl sites for hydroxylation is 2. The number of halogens is 1. The van der Waals surface area contributed by atoms with E-state index in [0.717, 1.165) is 24.7 Å². The highest BCUT2D eigenvalue weighted by molar-refractivity contribution is 9.10. The lowest BCUT2D eigenvalue weighted by molar-refractivity contribution is 0.304. The van der Waals surface area contributed by atoms with Crippen LogP contribution in [-0.4, -0.2) is 22.9 Å². The molecule has 1 aromatic heterocycles. The third-order valence-corrected chi connectivity index (χ3v) is 5.65. The lowest BCUT2D eigenvalue weighted by Crippen LogP contribution is -2.37. The van der Waals surface area contributed by atoms with Crippen LogP contribution >= 0.6 is 15.9 Å². The van der Waals surface area contributed by atoms with Crippen molar-refractivity contribution in [3.63, 3.8) is 0 Å². The van der Waals surface area contributed by atoms with Gasteiger partial charge in [-0.25, -0.2) is 0 Å². The van der Waals surface area contributed by atoms with Crippen molar-refractivity contribution in [2.24, 2.45) is 18.9 Å². The lowest BCUT2D eigenvalue weighted by Gasteiger charge is -2.26. The number of nitrogens with zero attached hydrogens (tertiary/aromatic N) is 2. The molecule has 3 nitrogen and oxygen atoms in total. The Kier molecular flexibility index (Phi) is 5.07. The highest BCUT2D eigenvalue weighted by atomic mass is 79.9. The van der Waals surface area contributed by atoms with Crippen molar-refractivity contribution >= 4 is 15.9 Å². The Hall–Kier alpha value is -0.350. The van der Waals surface area contributed by atoms with Crippen LogP contribution in [-0.2, 0) is 19.9 Å². The Bertz CT molecular complexity index is 427. The van der Waals surface area contributed by atoms with Crippen LogP contribution in [0.2, 0.25) is 0 Å². The van der Waals surface area contributed by atoms with Crippen LogP contribution < -0.4 is 5.32 Å². The molecule has 19 heavy (non-hydrogen) atoms. The zero-order valence-corrected chi connectivity index (χ0v) is 14.1. The summed E-state index contributed by atoms with van der Waals surface area (Å²) in [4.78, 5) is 0. The summed E-state index contributed by atoms with van der Waals surface area (Å²) in [6.07, 6.45) is 6.18. The van der Waals surface area contributed by atoms with Crippen LogP contribution in [0.1, 0.15) is 44.5 Å². The van der Waals surface area contributed by atoms with Gasteiger partial charge in [-0.1, -0.05) is 26.7 Å². The maximum atomic E-state index is 4.60. The van der Waals surface area contributed by atoms with Gasteiger partial charge >= 0.3 is 0 Å². The summed E-state index contributed by atoms with van der Waals surface area (Å²) in [6, 6.07) is 0.564. The van der Waals surface area contributed by atoms with Gasteiger partial charge in [-0.05, 0) is 47.7 Å². The molecular weight excluding hydrogens is 302 g/mol. The number of rotatable bonds is 5. The minimum Gasteiger partial charge on any atom is -0.316 e. The molecule has 0 aliphatic heterocycles. The molecule has 1 saturated carbocycles. The molecule has 2 rings (SSSR count). The monoisotopic (exact) mass is 327 g/mol. The SMILES string of the molecule is CCc1nn(C)c(CC(NC)C2CCCC2C)c1Br. The molecule has 0 amide bonds. The van der Waals surface area contributed by atoms with E-state index < -0.39 is 0 Å². The maximum absolute atomic E-state index is 4.60. The van der Waals surface area contributed by atoms with Gasteiger partial charge in [0.15, 0.2) is 0 Å². The Balaban J connectivity index is 2.16. The van der Waals surface area contributed by atoms with Crippen LogP contribution in [0.25, 0.3) is 0 Å². The summed E-state index contributed by atoms with van der Waals surface area (Å²) < 4.78 is 3.26. The predicted octanol–water partition coefficient (Wildman–Crippen LogP) is 3.31. The normalized spacial score (nSPS) is 24.9. The van der Waals surface area contributed by atoms with E-state index >= 15 is 0 Å². The predicted molar refractivity (Wildman–Crippen MR) is 83.3 cm³/mol. The average molecular weight is 328 g/mol. The zero-order valence-electron chi connectivity index (χ0n) is 12.5. The smallest absolute Gasteiger partial charge is 0.0766 e. The van der Waals surface area contributed by atoms with Crippen molar-refractivity contribution in [1.29, 1.82) is 0 Å². The molecule has 1 aliphatic rings. The van der Waals surface area contributed by atoms with E-state index in [9.17, 15) is 0 Å². The van der Waals surface area contributed by atoms with Gasteiger partial charge in [0.05, 0.1) is 15.9 Å². The van der Waals surface area contributed by atoms with Crippen LogP contribution in [0.15, 0.2) is 4.47 Å². The number of nitrogens with one attached hydrogen (secondary N) is 1. The lowest BCUT2D eigenvalue weighted by atomic mass is 9.87. The molecule has 108 valence electrons. The summed E-state index contributed by atoms with van der Waals surface area (Å²) in [6.45, 7) is 4.56. The fourth-order valence-electron chi connectivity index (χ4n) is 3.49. The second-order valence-electron chi connectivity index (χ2n) is 5.86. The summed E-state index contributed by atoms with van der Waals surface area (Å²) in [7, 11) is 4.16. The second kappa shape index (κ2) is 6.40. The van der Waals surface area contributed by atoms with Gasteiger partial charge in [0.2, 0.25) is 0 Å². The molecule has 0 spiro atoms. The second-order valence-corrected chi connectivity index (χ2v) is 6.65. The summed E-state index contributed by atoms with van der Waals surface area (Å²) in [5, 5.41) is 8.15. The Morgan fingerprint density at radius 3 is 2.68 bits per heavy atom. The fourth-order valence-corrected chi connectivity index (χ4v) is 4.27. The quantitative estimate of drug-likeness (QED) is 0.899. The van der Waals surface area contributed by atoms with Crippen LogP contribution in [0.4, 0.5) is 0 Å². The maximum Gasteiger partial charge on any atom is 0.0766 e. The minimum atomic E-state index is 0.564. The minimum absolute atomic E-state index is 0.564. The Morgan fingerprint density at radius 2 is 2.21 bits per heavy atom. The van der Waals surface area contributed by atoms with Crippen molar-refractivity contribution < 1.29 is 0 Å². The van der Waals surface area contributed by atoms with Crippen molar-refractivity contribution in [1.82, 2.24) is 15.1 Å². The molecule has 0 bridgehead atoms. The van der Waals surface area contributed by atoms with Crippen LogP contribution in [0, 0.1) is 11.8 Å². The molecule has 0 radical (unpaired) electrons. The van der Waals surface area contributed by atoms with Crippen LogP contribution in [0.3, 0.4) is 0 Å². The van der Waals surface area contributed by atoms with E-state index in [4.69, 9.17) is 0 Å². The van der Waals surface area contributed by atoms with E-state index in [-0.39, 0.29) is 0 Å². The number of hydrogen-bond acceptors (Lipinski definition) is 2. The first-order valence-corrected chi connectivity index (χ1v) is 8.25. The van der Waals surface area contributed by atoms with Gasteiger partial charge in [-0.15, -0.1) is 0 Å². The van der Waals surface area contributed by atoms with E-state index in [0.29, 0.717) is 6.04 Å². The molecule has 0 saturated heterocycles. The van der Waals surface area contributed by atoms with Gasteiger partial charge in [0.1, 0.15) is 0 Å². The van der Waals surface area contributed by atoms with Crippen molar-refractivity contribution in [3.05, 3.63) is 15.9 Å². The van der Waals surface area contributed by atoms with E-state index in [2.05, 4.69) is 54.3 Å². The molecule has 1 N–H and O–H groups in total. The fraction of sp³-hybridized carbons (Fsp3) is 0.800. The van der Waals surface area contributed by atoms with Crippen molar-refractivity contribution in [2.45, 2.75) is 52.0 Å². The number of likely N-dealkylation sites (N-methyl/N-ethyl adjacent to an activating group) is 1. The standard InChI is InChI=1S/C15H26BrN3/c1-5-12-15(16)14(19(4)18-12)9-13(17-3)11-8-6-7-10(11)2/h10-11,13,17H,5-9H2,1-4H3. The van der Waals surface area contributed by atoms with Crippen molar-refractivity contribution in [2.75, 3.05) is 7.05 Å². The largest absolute Gasteiger partial charge is 0.316 e. The molecule has 1 aliphatic carbocycles. The molecular formula is C15H26BrN3. The Labute approximate surface area is 125 Å². The zero-order chi connectivity index (χ0) is 14.0. The molecule has 1 aromatic rings. The van der Waals surface area contributed by atoms with E-state index in [1.165, 1.54) is 35.1 Å². The first kappa shape index (κ1) is 15.0. The van der Waals surface area contributed by atoms with Gasteiger partial charge in [-0.3, -0.25) is 4.68 Å². The first-order valence-electron chi connectivity index (χ1n) is 7.46. The van der Waals surface area contributed by atoms with Gasteiger partial charge in [-0.2, -0.15) is 5.10 Å². The van der Waals surface area contributed by atoms with E-state index in [1.54, 1.807) is 0 Å². The number of aromatic nitrogens is 2. The third kappa shape index (κ3) is 3.05. The molecule has 4 heteroatoms. The summed E-state index contributed by atoms with van der Waals surface area (Å²) >= 11 is 3.73. The first-order chi connectivity index (χ1) is 9.08. The third-order valence-electron chi connectivity index (χ3n) is 4.73. The van der Waals surface area contributed by atoms with Crippen molar-refractivity contribution in [3.8, 4) is 0 Å². The highest BCUT2D eigenvalue weighted by Gasteiger charge is 2.31. The summed E-state index contributed by atoms with van der Waals surface area (Å²) in [5.41, 5.74) is 2.50. The van der Waals surface area contributed by atoms with Gasteiger partial charge in [0, 0.05) is 19.5 Å². The highest BCUT2D eigenvalue weighted by Crippen LogP contribution is 2.35. The molecule has 1 fully saturated rings. The summed E-state index contributed by atoms with van der Waals surface area (Å²) in [5.74, 6) is 1.65. The van der Waals surface area contributed by atoms with Gasteiger partial charge in [0.25, 0.3) is 0 Å².